The van der Waals surface area contributed by atoms with Crippen LogP contribution in [-0.2, 0) is 16.3 Å². The highest BCUT2D eigenvalue weighted by Gasteiger charge is 2.24. The average molecular weight is 286 g/mol. The number of nitro groups is 1. The first-order chi connectivity index (χ1) is 8.75. The fourth-order valence-corrected chi connectivity index (χ4v) is 2.64. The Morgan fingerprint density at radius 1 is 1.32 bits per heavy atom. The molecule has 0 saturated heterocycles. The van der Waals surface area contributed by atoms with Crippen LogP contribution in [0.1, 0.15) is 12.5 Å². The lowest BCUT2D eigenvalue weighted by Gasteiger charge is -2.22. The summed E-state index contributed by atoms with van der Waals surface area (Å²) in [6.45, 7) is 1.65. The number of benzene rings is 1. The third-order valence-electron chi connectivity index (χ3n) is 3.22. The summed E-state index contributed by atoms with van der Waals surface area (Å²) in [6, 6.07) is 5.92. The number of hydrogen-bond donors (Lipinski definition) is 1. The van der Waals surface area contributed by atoms with Crippen molar-refractivity contribution in [3.63, 3.8) is 0 Å². The number of non-ortho nitro benzene ring substituents is 1. The largest absolute Gasteiger partial charge is 0.315 e. The molecule has 2 atom stereocenters. The monoisotopic (exact) mass is 286 g/mol. The molecule has 1 aromatic carbocycles. The highest BCUT2D eigenvalue weighted by Crippen LogP contribution is 2.15. The van der Waals surface area contributed by atoms with Crippen molar-refractivity contribution in [1.82, 2.24) is 5.32 Å². The average Bonchev–Trinajstić information content (AvgIpc) is 2.34. The number of nitrogens with one attached hydrogen (secondary N) is 1. The maximum atomic E-state index is 11.5. The summed E-state index contributed by atoms with van der Waals surface area (Å²) in [7, 11) is -1.42. The summed E-state index contributed by atoms with van der Waals surface area (Å²) in [5, 5.41) is 13.0. The van der Waals surface area contributed by atoms with Gasteiger partial charge in [-0.2, -0.15) is 0 Å². The number of likely N-dealkylation sites (N-methyl/N-ethyl adjacent to an activating group) is 1. The molecule has 19 heavy (non-hydrogen) atoms. The second-order valence-corrected chi connectivity index (χ2v) is 6.96. The van der Waals surface area contributed by atoms with Crippen LogP contribution in [0, 0.1) is 10.1 Å². The van der Waals surface area contributed by atoms with Gasteiger partial charge >= 0.3 is 0 Å². The minimum absolute atomic E-state index is 0.0286. The van der Waals surface area contributed by atoms with Crippen LogP contribution in [0.3, 0.4) is 0 Å². The maximum absolute atomic E-state index is 11.5. The molecule has 6 nitrogen and oxygen atoms in total. The van der Waals surface area contributed by atoms with Crippen LogP contribution >= 0.6 is 0 Å². The first kappa shape index (κ1) is 15.6. The minimum atomic E-state index is -3.13. The van der Waals surface area contributed by atoms with Crippen molar-refractivity contribution in [2.24, 2.45) is 0 Å². The molecule has 7 heteroatoms. The number of nitrogens with zero attached hydrogens (tertiary/aromatic N) is 1. The van der Waals surface area contributed by atoms with Gasteiger partial charge < -0.3 is 5.32 Å². The maximum Gasteiger partial charge on any atom is 0.269 e. The van der Waals surface area contributed by atoms with E-state index in [1.54, 1.807) is 26.1 Å². The summed E-state index contributed by atoms with van der Waals surface area (Å²) >= 11 is 0. The van der Waals surface area contributed by atoms with Gasteiger partial charge in [-0.15, -0.1) is 0 Å². The normalized spacial score (nSPS) is 14.9. The number of nitro benzene ring substituents is 1. The zero-order chi connectivity index (χ0) is 14.6. The van der Waals surface area contributed by atoms with Gasteiger partial charge in [0.05, 0.1) is 10.2 Å². The SMILES string of the molecule is CNC(Cc1ccc([N+](=O)[O-])cc1)C(C)S(C)(=O)=O. The standard InChI is InChI=1S/C12H18N2O4S/c1-9(19(3,17)18)12(13-2)8-10-4-6-11(7-5-10)14(15)16/h4-7,9,12-13H,8H2,1-3H3. The molecule has 0 aliphatic rings. The Kier molecular flexibility index (Phi) is 5.02. The van der Waals surface area contributed by atoms with Gasteiger partial charge in [0.1, 0.15) is 0 Å². The van der Waals surface area contributed by atoms with Crippen molar-refractivity contribution in [1.29, 1.82) is 0 Å². The molecule has 0 aromatic heterocycles. The molecule has 0 aliphatic heterocycles. The zero-order valence-electron chi connectivity index (χ0n) is 11.2. The lowest BCUT2D eigenvalue weighted by molar-refractivity contribution is -0.384. The second-order valence-electron chi connectivity index (χ2n) is 4.56. The van der Waals surface area contributed by atoms with E-state index >= 15 is 0 Å². The Balaban J connectivity index is 2.84. The molecule has 0 fully saturated rings. The molecule has 106 valence electrons. The van der Waals surface area contributed by atoms with E-state index in [9.17, 15) is 18.5 Å². The smallest absolute Gasteiger partial charge is 0.269 e. The highest BCUT2D eigenvalue weighted by molar-refractivity contribution is 7.91. The van der Waals surface area contributed by atoms with E-state index in [-0.39, 0.29) is 11.7 Å². The van der Waals surface area contributed by atoms with Crippen molar-refractivity contribution < 1.29 is 13.3 Å². The zero-order valence-corrected chi connectivity index (χ0v) is 12.0. The molecule has 0 heterocycles. The summed E-state index contributed by atoms with van der Waals surface area (Å²) in [4.78, 5) is 10.1. The van der Waals surface area contributed by atoms with E-state index in [1.165, 1.54) is 18.4 Å². The predicted molar refractivity (Wildman–Crippen MR) is 74.0 cm³/mol. The van der Waals surface area contributed by atoms with Crippen molar-refractivity contribution in [3.8, 4) is 0 Å². The number of sulfone groups is 1. The number of rotatable bonds is 6. The third-order valence-corrected chi connectivity index (χ3v) is 4.89. The van der Waals surface area contributed by atoms with E-state index in [4.69, 9.17) is 0 Å². The van der Waals surface area contributed by atoms with Gasteiger partial charge in [-0.1, -0.05) is 12.1 Å². The molecule has 0 radical (unpaired) electrons. The number of hydrogen-bond acceptors (Lipinski definition) is 5. The van der Waals surface area contributed by atoms with Gasteiger partial charge in [-0.05, 0) is 26.0 Å². The molecule has 2 unspecified atom stereocenters. The Hall–Kier alpha value is -1.47. The molecule has 1 aromatic rings. The van der Waals surface area contributed by atoms with E-state index < -0.39 is 20.0 Å². The fraction of sp³-hybridized carbons (Fsp3) is 0.500. The highest BCUT2D eigenvalue weighted by atomic mass is 32.2. The second kappa shape index (κ2) is 6.12. The van der Waals surface area contributed by atoms with Gasteiger partial charge in [-0.25, -0.2) is 8.42 Å². The molecular weight excluding hydrogens is 268 g/mol. The van der Waals surface area contributed by atoms with Gasteiger partial charge in [0.15, 0.2) is 9.84 Å². The Labute approximate surface area is 112 Å². The van der Waals surface area contributed by atoms with Gasteiger partial charge in [0.25, 0.3) is 5.69 Å². The molecule has 0 bridgehead atoms. The molecule has 0 spiro atoms. The van der Waals surface area contributed by atoms with Crippen LogP contribution in [0.15, 0.2) is 24.3 Å². The van der Waals surface area contributed by atoms with Crippen molar-refractivity contribution >= 4 is 15.5 Å². The van der Waals surface area contributed by atoms with E-state index in [0.29, 0.717) is 6.42 Å². The van der Waals surface area contributed by atoms with Crippen LogP contribution in [0.4, 0.5) is 5.69 Å². The minimum Gasteiger partial charge on any atom is -0.315 e. The van der Waals surface area contributed by atoms with Crippen LogP contribution in [0.2, 0.25) is 0 Å². The Bertz CT molecular complexity index is 539. The van der Waals surface area contributed by atoms with Crippen LogP contribution in [0.25, 0.3) is 0 Å². The molecule has 0 saturated carbocycles. The van der Waals surface area contributed by atoms with Gasteiger partial charge in [0, 0.05) is 24.4 Å². The lowest BCUT2D eigenvalue weighted by atomic mass is 10.0. The molecule has 0 aliphatic carbocycles. The molecule has 0 amide bonds. The van der Waals surface area contributed by atoms with Crippen LogP contribution in [0.5, 0.6) is 0 Å². The molecular formula is C12H18N2O4S. The summed E-state index contributed by atoms with van der Waals surface area (Å²) in [6.07, 6.45) is 1.71. The first-order valence-electron chi connectivity index (χ1n) is 5.85. The van der Waals surface area contributed by atoms with E-state index in [2.05, 4.69) is 5.32 Å². The van der Waals surface area contributed by atoms with Crippen molar-refractivity contribution in [2.45, 2.75) is 24.6 Å². The Morgan fingerprint density at radius 2 is 1.84 bits per heavy atom. The van der Waals surface area contributed by atoms with Gasteiger partial charge in [-0.3, -0.25) is 10.1 Å². The first-order valence-corrected chi connectivity index (χ1v) is 7.80. The predicted octanol–water partition coefficient (Wildman–Crippen LogP) is 1.16. The fourth-order valence-electron chi connectivity index (χ4n) is 1.81. The van der Waals surface area contributed by atoms with Gasteiger partial charge in [0.2, 0.25) is 0 Å². The topological polar surface area (TPSA) is 89.3 Å². The molecule has 1 N–H and O–H groups in total. The lowest BCUT2D eigenvalue weighted by Crippen LogP contribution is -2.41. The summed E-state index contributed by atoms with van der Waals surface area (Å²) in [5.41, 5.74) is 0.890. The van der Waals surface area contributed by atoms with Crippen molar-refractivity contribution in [2.75, 3.05) is 13.3 Å². The molecule has 1 rings (SSSR count). The van der Waals surface area contributed by atoms with E-state index in [1.807, 2.05) is 0 Å². The quantitative estimate of drug-likeness (QED) is 0.626. The van der Waals surface area contributed by atoms with Crippen LogP contribution in [-0.4, -0.2) is 37.9 Å². The summed E-state index contributed by atoms with van der Waals surface area (Å²) < 4.78 is 23.1. The van der Waals surface area contributed by atoms with E-state index in [0.717, 1.165) is 5.56 Å². The van der Waals surface area contributed by atoms with Crippen molar-refractivity contribution in [3.05, 3.63) is 39.9 Å². The third kappa shape index (κ3) is 4.29. The Morgan fingerprint density at radius 3 is 2.21 bits per heavy atom. The van der Waals surface area contributed by atoms with Crippen LogP contribution < -0.4 is 5.32 Å². The summed E-state index contributed by atoms with van der Waals surface area (Å²) in [5.74, 6) is 0.